The third kappa shape index (κ3) is 2.24. The van der Waals surface area contributed by atoms with Crippen LogP contribution >= 0.6 is 44.1 Å². The minimum Gasteiger partial charge on any atom is -0.389 e. The van der Waals surface area contributed by atoms with Crippen molar-refractivity contribution < 1.29 is 0 Å². The minimum atomic E-state index is 0.348. The summed E-state index contributed by atoms with van der Waals surface area (Å²) in [6.45, 7) is 3.94. The molecule has 0 amide bonds. The summed E-state index contributed by atoms with van der Waals surface area (Å²) in [6, 6.07) is 5.80. The van der Waals surface area contributed by atoms with E-state index in [1.807, 2.05) is 36.7 Å². The molecule has 3 nitrogen and oxygen atoms in total. The second kappa shape index (κ2) is 5.11. The minimum absolute atomic E-state index is 0.348. The Labute approximate surface area is 128 Å². The Morgan fingerprint density at radius 1 is 1.33 bits per heavy atom. The number of benzene rings is 1. The van der Waals surface area contributed by atoms with Crippen molar-refractivity contribution in [2.45, 2.75) is 13.8 Å². The molecular formula is C12H11Br2N3S. The second-order valence-corrected chi connectivity index (χ2v) is 5.98. The van der Waals surface area contributed by atoms with Gasteiger partial charge in [0.15, 0.2) is 0 Å². The molecule has 0 atom stereocenters. The average Bonchev–Trinajstić information content (AvgIpc) is 2.56. The number of nitrogens with two attached hydrogens (primary N) is 1. The van der Waals surface area contributed by atoms with Crippen molar-refractivity contribution in [2.75, 3.05) is 0 Å². The van der Waals surface area contributed by atoms with Gasteiger partial charge in [-0.1, -0.05) is 18.3 Å². The normalized spacial score (nSPS) is 10.7. The van der Waals surface area contributed by atoms with Gasteiger partial charge in [0.2, 0.25) is 0 Å². The van der Waals surface area contributed by atoms with Gasteiger partial charge in [-0.05, 0) is 57.8 Å². The SMILES string of the molecule is Cc1nn(-c2cccc(Br)c2C(N)=S)c(C)c1Br. The summed E-state index contributed by atoms with van der Waals surface area (Å²) in [7, 11) is 0. The molecule has 0 aliphatic rings. The molecule has 6 heteroatoms. The van der Waals surface area contributed by atoms with Crippen molar-refractivity contribution in [2.24, 2.45) is 5.73 Å². The van der Waals surface area contributed by atoms with Crippen molar-refractivity contribution in [3.05, 3.63) is 44.1 Å². The summed E-state index contributed by atoms with van der Waals surface area (Å²) in [6.07, 6.45) is 0. The van der Waals surface area contributed by atoms with Crippen LogP contribution in [0.25, 0.3) is 5.69 Å². The molecule has 0 fully saturated rings. The van der Waals surface area contributed by atoms with Crippen LogP contribution in [0.1, 0.15) is 17.0 Å². The van der Waals surface area contributed by atoms with Crippen molar-refractivity contribution >= 4 is 49.1 Å². The lowest BCUT2D eigenvalue weighted by Crippen LogP contribution is -2.15. The largest absolute Gasteiger partial charge is 0.389 e. The molecular weight excluding hydrogens is 378 g/mol. The lowest BCUT2D eigenvalue weighted by Gasteiger charge is -2.11. The van der Waals surface area contributed by atoms with E-state index in [0.717, 1.165) is 31.6 Å². The fraction of sp³-hybridized carbons (Fsp3) is 0.167. The maximum Gasteiger partial charge on any atom is 0.107 e. The Morgan fingerprint density at radius 3 is 2.50 bits per heavy atom. The van der Waals surface area contributed by atoms with Crippen LogP contribution in [0.5, 0.6) is 0 Å². The molecule has 18 heavy (non-hydrogen) atoms. The van der Waals surface area contributed by atoms with Gasteiger partial charge in [0.25, 0.3) is 0 Å². The first kappa shape index (κ1) is 13.7. The van der Waals surface area contributed by atoms with E-state index in [0.29, 0.717) is 4.99 Å². The summed E-state index contributed by atoms with van der Waals surface area (Å²) in [5, 5.41) is 4.50. The molecule has 1 heterocycles. The summed E-state index contributed by atoms with van der Waals surface area (Å²) in [4.78, 5) is 0.348. The van der Waals surface area contributed by atoms with E-state index in [9.17, 15) is 0 Å². The van der Waals surface area contributed by atoms with Crippen LogP contribution in [0.2, 0.25) is 0 Å². The number of aromatic nitrogens is 2. The summed E-state index contributed by atoms with van der Waals surface area (Å²) in [5.74, 6) is 0. The molecule has 0 aliphatic heterocycles. The van der Waals surface area contributed by atoms with Crippen LogP contribution in [-0.4, -0.2) is 14.8 Å². The molecule has 2 aromatic rings. The summed E-state index contributed by atoms with van der Waals surface area (Å²) < 4.78 is 3.71. The second-order valence-electron chi connectivity index (χ2n) is 3.89. The van der Waals surface area contributed by atoms with Gasteiger partial charge in [0, 0.05) is 10.0 Å². The molecule has 0 radical (unpaired) electrons. The van der Waals surface area contributed by atoms with Gasteiger partial charge in [-0.25, -0.2) is 4.68 Å². The molecule has 0 saturated heterocycles. The van der Waals surface area contributed by atoms with Gasteiger partial charge in [-0.3, -0.25) is 0 Å². The quantitative estimate of drug-likeness (QED) is 0.798. The van der Waals surface area contributed by atoms with Crippen LogP contribution in [0, 0.1) is 13.8 Å². The summed E-state index contributed by atoms with van der Waals surface area (Å²) >= 11 is 12.1. The van der Waals surface area contributed by atoms with Crippen LogP contribution in [0.3, 0.4) is 0 Å². The van der Waals surface area contributed by atoms with Crippen LogP contribution in [0.4, 0.5) is 0 Å². The zero-order chi connectivity index (χ0) is 13.4. The van der Waals surface area contributed by atoms with E-state index in [1.54, 1.807) is 0 Å². The highest BCUT2D eigenvalue weighted by atomic mass is 79.9. The number of hydrogen-bond donors (Lipinski definition) is 1. The van der Waals surface area contributed by atoms with Gasteiger partial charge in [-0.2, -0.15) is 5.10 Å². The Hall–Kier alpha value is -0.720. The maximum atomic E-state index is 5.80. The number of hydrogen-bond acceptors (Lipinski definition) is 2. The monoisotopic (exact) mass is 387 g/mol. The molecule has 0 aliphatic carbocycles. The summed E-state index contributed by atoms with van der Waals surface area (Å²) in [5.41, 5.74) is 9.42. The highest BCUT2D eigenvalue weighted by molar-refractivity contribution is 9.10. The zero-order valence-corrected chi connectivity index (χ0v) is 13.9. The van der Waals surface area contributed by atoms with E-state index in [4.69, 9.17) is 18.0 Å². The fourth-order valence-corrected chi connectivity index (χ4v) is 2.95. The van der Waals surface area contributed by atoms with Gasteiger partial charge < -0.3 is 5.73 Å². The fourth-order valence-electron chi connectivity index (χ4n) is 1.79. The van der Waals surface area contributed by atoms with Crippen molar-refractivity contribution in [3.63, 3.8) is 0 Å². The Kier molecular flexibility index (Phi) is 3.89. The standard InChI is InChI=1S/C12H11Br2N3S/c1-6-11(14)7(2)17(16-6)9-5-3-4-8(13)10(9)12(15)18/h3-5H,1-2H3,(H2,15,18). The van der Waals surface area contributed by atoms with Gasteiger partial charge >= 0.3 is 0 Å². The number of halogens is 2. The molecule has 0 bridgehead atoms. The molecule has 2 N–H and O–H groups in total. The zero-order valence-electron chi connectivity index (χ0n) is 9.87. The Balaban J connectivity index is 2.75. The third-order valence-electron chi connectivity index (χ3n) is 2.67. The van der Waals surface area contributed by atoms with Gasteiger partial charge in [0.05, 0.1) is 21.5 Å². The van der Waals surface area contributed by atoms with E-state index in [1.165, 1.54) is 0 Å². The highest BCUT2D eigenvalue weighted by Gasteiger charge is 2.16. The first-order valence-corrected chi connectivity index (χ1v) is 7.23. The third-order valence-corrected chi connectivity index (χ3v) is 4.68. The van der Waals surface area contributed by atoms with Crippen LogP contribution < -0.4 is 5.73 Å². The number of aryl methyl sites for hydroxylation is 1. The predicted molar refractivity (Wildman–Crippen MR) is 84.3 cm³/mol. The number of nitrogens with zero attached hydrogens (tertiary/aromatic N) is 2. The Bertz CT molecular complexity index is 634. The molecule has 2 rings (SSSR count). The van der Waals surface area contributed by atoms with Crippen LogP contribution in [0.15, 0.2) is 27.1 Å². The van der Waals surface area contributed by atoms with Gasteiger partial charge in [0.1, 0.15) is 4.99 Å². The molecule has 1 aromatic heterocycles. The Morgan fingerprint density at radius 2 is 2.00 bits per heavy atom. The molecule has 1 aromatic carbocycles. The molecule has 94 valence electrons. The molecule has 0 unspecified atom stereocenters. The molecule has 0 saturated carbocycles. The van der Waals surface area contributed by atoms with Crippen molar-refractivity contribution in [1.82, 2.24) is 9.78 Å². The number of rotatable bonds is 2. The highest BCUT2D eigenvalue weighted by Crippen LogP contribution is 2.28. The predicted octanol–water partition coefficient (Wildman–Crippen LogP) is 3.65. The first-order valence-electron chi connectivity index (χ1n) is 5.24. The van der Waals surface area contributed by atoms with E-state index < -0.39 is 0 Å². The van der Waals surface area contributed by atoms with Crippen molar-refractivity contribution in [3.8, 4) is 5.69 Å². The van der Waals surface area contributed by atoms with Crippen molar-refractivity contribution in [1.29, 1.82) is 0 Å². The number of thiocarbonyl (C=S) groups is 1. The van der Waals surface area contributed by atoms with E-state index in [2.05, 4.69) is 37.0 Å². The lowest BCUT2D eigenvalue weighted by atomic mass is 10.2. The van der Waals surface area contributed by atoms with E-state index in [-0.39, 0.29) is 0 Å². The van der Waals surface area contributed by atoms with E-state index >= 15 is 0 Å². The van der Waals surface area contributed by atoms with Crippen LogP contribution in [-0.2, 0) is 0 Å². The lowest BCUT2D eigenvalue weighted by molar-refractivity contribution is 0.831. The topological polar surface area (TPSA) is 43.8 Å². The first-order chi connectivity index (χ1) is 8.43. The smallest absolute Gasteiger partial charge is 0.107 e. The average molecular weight is 389 g/mol. The maximum absolute atomic E-state index is 5.80. The molecule has 0 spiro atoms. The van der Waals surface area contributed by atoms with Gasteiger partial charge in [-0.15, -0.1) is 0 Å².